The third-order valence-electron chi connectivity index (χ3n) is 4.00. The van der Waals surface area contributed by atoms with Crippen LogP contribution in [0.5, 0.6) is 5.75 Å². The van der Waals surface area contributed by atoms with Crippen LogP contribution in [0.4, 0.5) is 0 Å². The number of hydrogen-bond donors (Lipinski definition) is 1. The molecule has 1 N–H and O–H groups in total. The summed E-state index contributed by atoms with van der Waals surface area (Å²) in [6, 6.07) is 13.6. The summed E-state index contributed by atoms with van der Waals surface area (Å²) in [5.41, 5.74) is 4.11. The van der Waals surface area contributed by atoms with Crippen LogP contribution in [0.25, 0.3) is 0 Å². The predicted molar refractivity (Wildman–Crippen MR) is 89.4 cm³/mol. The lowest BCUT2D eigenvalue weighted by Crippen LogP contribution is -2.28. The number of methoxy groups -OCH3 is 1. The summed E-state index contributed by atoms with van der Waals surface area (Å²) in [5, 5.41) is 3.10. The molecule has 1 atom stereocenters. The summed E-state index contributed by atoms with van der Waals surface area (Å²) in [6.07, 6.45) is 0.836. The monoisotopic (exact) mass is 297 g/mol. The van der Waals surface area contributed by atoms with Gasteiger partial charge in [-0.3, -0.25) is 4.79 Å². The van der Waals surface area contributed by atoms with Gasteiger partial charge in [-0.1, -0.05) is 25.1 Å². The van der Waals surface area contributed by atoms with Gasteiger partial charge in [0.2, 0.25) is 0 Å². The van der Waals surface area contributed by atoms with Gasteiger partial charge in [-0.25, -0.2) is 0 Å². The number of carbonyl (C=O) groups is 1. The van der Waals surface area contributed by atoms with Gasteiger partial charge in [0.25, 0.3) is 5.91 Å². The van der Waals surface area contributed by atoms with Gasteiger partial charge in [0.05, 0.1) is 13.2 Å². The summed E-state index contributed by atoms with van der Waals surface area (Å²) in [7, 11) is 1.65. The van der Waals surface area contributed by atoms with Crippen LogP contribution in [0.1, 0.15) is 46.4 Å². The lowest BCUT2D eigenvalue weighted by molar-refractivity contribution is 0.0935. The van der Waals surface area contributed by atoms with Crippen LogP contribution < -0.4 is 10.1 Å². The van der Waals surface area contributed by atoms with Gasteiger partial charge in [-0.15, -0.1) is 0 Å². The van der Waals surface area contributed by atoms with Crippen molar-refractivity contribution in [2.75, 3.05) is 7.11 Å². The van der Waals surface area contributed by atoms with Crippen LogP contribution in [-0.4, -0.2) is 13.0 Å². The molecule has 1 amide bonds. The summed E-state index contributed by atoms with van der Waals surface area (Å²) in [5.74, 6) is 0.782. The highest BCUT2D eigenvalue weighted by atomic mass is 16.5. The first-order chi connectivity index (χ1) is 10.5. The van der Waals surface area contributed by atoms with E-state index in [0.29, 0.717) is 5.56 Å². The number of amides is 1. The minimum atomic E-state index is -0.0363. The summed E-state index contributed by atoms with van der Waals surface area (Å²) < 4.78 is 5.17. The van der Waals surface area contributed by atoms with Crippen molar-refractivity contribution in [2.24, 2.45) is 0 Å². The molecule has 0 aliphatic rings. The number of aryl methyl sites for hydroxylation is 2. The average Bonchev–Trinajstić information content (AvgIpc) is 2.55. The van der Waals surface area contributed by atoms with Crippen molar-refractivity contribution in [2.45, 2.75) is 33.2 Å². The van der Waals surface area contributed by atoms with Crippen LogP contribution in [0.3, 0.4) is 0 Å². The summed E-state index contributed by atoms with van der Waals surface area (Å²) in [6.45, 7) is 6.13. The zero-order valence-corrected chi connectivity index (χ0v) is 13.6. The van der Waals surface area contributed by atoms with E-state index in [1.54, 1.807) is 7.11 Å². The van der Waals surface area contributed by atoms with E-state index in [1.807, 2.05) is 56.3 Å². The normalized spacial score (nSPS) is 11.8. The van der Waals surface area contributed by atoms with Crippen LogP contribution in [0.15, 0.2) is 42.5 Å². The fourth-order valence-electron chi connectivity index (χ4n) is 2.38. The molecule has 2 rings (SSSR count). The lowest BCUT2D eigenvalue weighted by atomic mass is 10.0. The molecule has 3 nitrogen and oxygen atoms in total. The van der Waals surface area contributed by atoms with Gasteiger partial charge in [0.1, 0.15) is 5.75 Å². The summed E-state index contributed by atoms with van der Waals surface area (Å²) in [4.78, 5) is 12.4. The first kappa shape index (κ1) is 16.1. The number of benzene rings is 2. The second-order valence-corrected chi connectivity index (χ2v) is 5.51. The van der Waals surface area contributed by atoms with Crippen molar-refractivity contribution in [3.63, 3.8) is 0 Å². The first-order valence-electron chi connectivity index (χ1n) is 7.57. The molecule has 0 spiro atoms. The van der Waals surface area contributed by atoms with Gasteiger partial charge >= 0.3 is 0 Å². The third kappa shape index (κ3) is 3.67. The minimum Gasteiger partial charge on any atom is -0.497 e. The van der Waals surface area contributed by atoms with Crippen LogP contribution in [-0.2, 0) is 0 Å². The maximum Gasteiger partial charge on any atom is 0.251 e. The maximum atomic E-state index is 12.4. The van der Waals surface area contributed by atoms with Gasteiger partial charge in [-0.05, 0) is 61.2 Å². The van der Waals surface area contributed by atoms with Crippen LogP contribution >= 0.6 is 0 Å². The Morgan fingerprint density at radius 2 is 1.77 bits per heavy atom. The quantitative estimate of drug-likeness (QED) is 0.898. The first-order valence-corrected chi connectivity index (χ1v) is 7.57. The third-order valence-corrected chi connectivity index (χ3v) is 4.00. The number of nitrogens with one attached hydrogen (secondary N) is 1. The molecule has 0 bridgehead atoms. The standard InChI is InChI=1S/C19H23NO2/c1-5-18(15-8-10-17(22-4)11-9-15)20-19(21)16-7-6-13(2)14(3)12-16/h6-12,18H,5H2,1-4H3,(H,20,21). The lowest BCUT2D eigenvalue weighted by Gasteiger charge is -2.18. The van der Waals surface area contributed by atoms with Crippen molar-refractivity contribution in [3.05, 3.63) is 64.7 Å². The van der Waals surface area contributed by atoms with Crippen molar-refractivity contribution >= 4 is 5.91 Å². The van der Waals surface area contributed by atoms with E-state index < -0.39 is 0 Å². The molecule has 2 aromatic rings. The largest absolute Gasteiger partial charge is 0.497 e. The Kier molecular flexibility index (Phi) is 5.21. The molecule has 0 radical (unpaired) electrons. The molecular weight excluding hydrogens is 274 g/mol. The van der Waals surface area contributed by atoms with Crippen molar-refractivity contribution in [1.82, 2.24) is 5.32 Å². The molecule has 0 saturated carbocycles. The molecule has 0 aliphatic carbocycles. The van der Waals surface area contributed by atoms with E-state index in [2.05, 4.69) is 12.2 Å². The Morgan fingerprint density at radius 1 is 1.09 bits per heavy atom. The maximum absolute atomic E-state index is 12.4. The van der Waals surface area contributed by atoms with Crippen molar-refractivity contribution in [1.29, 1.82) is 0 Å². The zero-order chi connectivity index (χ0) is 16.1. The van der Waals surface area contributed by atoms with E-state index in [1.165, 1.54) is 5.56 Å². The average molecular weight is 297 g/mol. The smallest absolute Gasteiger partial charge is 0.251 e. The Morgan fingerprint density at radius 3 is 2.32 bits per heavy atom. The number of carbonyl (C=O) groups excluding carboxylic acids is 1. The molecule has 116 valence electrons. The van der Waals surface area contributed by atoms with E-state index in [0.717, 1.165) is 23.3 Å². The van der Waals surface area contributed by atoms with Gasteiger partial charge in [-0.2, -0.15) is 0 Å². The number of rotatable bonds is 5. The highest BCUT2D eigenvalue weighted by Gasteiger charge is 2.14. The molecule has 0 aliphatic heterocycles. The van der Waals surface area contributed by atoms with E-state index in [4.69, 9.17) is 4.74 Å². The molecule has 2 aromatic carbocycles. The number of hydrogen-bond acceptors (Lipinski definition) is 2. The van der Waals surface area contributed by atoms with Crippen LogP contribution in [0, 0.1) is 13.8 Å². The second-order valence-electron chi connectivity index (χ2n) is 5.51. The Bertz CT molecular complexity index is 647. The Labute approximate surface area is 132 Å². The molecule has 0 heterocycles. The highest BCUT2D eigenvalue weighted by Crippen LogP contribution is 2.21. The summed E-state index contributed by atoms with van der Waals surface area (Å²) >= 11 is 0. The van der Waals surface area contributed by atoms with Gasteiger partial charge in [0.15, 0.2) is 0 Å². The van der Waals surface area contributed by atoms with Crippen molar-refractivity contribution < 1.29 is 9.53 Å². The van der Waals surface area contributed by atoms with Crippen molar-refractivity contribution in [3.8, 4) is 5.75 Å². The second kappa shape index (κ2) is 7.12. The molecule has 22 heavy (non-hydrogen) atoms. The fraction of sp³-hybridized carbons (Fsp3) is 0.316. The highest BCUT2D eigenvalue weighted by molar-refractivity contribution is 5.94. The topological polar surface area (TPSA) is 38.3 Å². The molecule has 0 fully saturated rings. The van der Waals surface area contributed by atoms with Gasteiger partial charge in [0, 0.05) is 5.56 Å². The minimum absolute atomic E-state index is 0.0000142. The van der Waals surface area contributed by atoms with E-state index in [-0.39, 0.29) is 11.9 Å². The SMILES string of the molecule is CCC(NC(=O)c1ccc(C)c(C)c1)c1ccc(OC)cc1. The predicted octanol–water partition coefficient (Wildman–Crippen LogP) is 4.19. The molecule has 3 heteroatoms. The van der Waals surface area contributed by atoms with E-state index >= 15 is 0 Å². The zero-order valence-electron chi connectivity index (χ0n) is 13.6. The molecule has 0 aromatic heterocycles. The molecule has 0 saturated heterocycles. The van der Waals surface area contributed by atoms with Gasteiger partial charge < -0.3 is 10.1 Å². The molecule has 1 unspecified atom stereocenters. The van der Waals surface area contributed by atoms with E-state index in [9.17, 15) is 4.79 Å². The Hall–Kier alpha value is -2.29. The Balaban J connectivity index is 2.14. The number of ether oxygens (including phenoxy) is 1. The fourth-order valence-corrected chi connectivity index (χ4v) is 2.38. The van der Waals surface area contributed by atoms with Crippen LogP contribution in [0.2, 0.25) is 0 Å². The molecular formula is C19H23NO2.